The van der Waals surface area contributed by atoms with E-state index in [9.17, 15) is 9.59 Å². The third kappa shape index (κ3) is 2.73. The molecule has 1 amide bonds. The standard InChI is InChI=1S/C10H13N3O4/c1-2-16-8(14)3-7-4-10(5-11,6-17-7)9(15)13-12/h3H,2,4,6,12H2,1H3,(H,13,15)/b7-3-. The average molecular weight is 239 g/mol. The number of carbonyl (C=O) groups is 2. The molecule has 0 aromatic heterocycles. The van der Waals surface area contributed by atoms with Gasteiger partial charge in [0, 0.05) is 6.42 Å². The summed E-state index contributed by atoms with van der Waals surface area (Å²) in [6, 6.07) is 1.85. The topological polar surface area (TPSA) is 114 Å². The van der Waals surface area contributed by atoms with Crippen LogP contribution in [-0.4, -0.2) is 25.1 Å². The van der Waals surface area contributed by atoms with Crippen LogP contribution in [0.5, 0.6) is 0 Å². The molecular weight excluding hydrogens is 226 g/mol. The molecule has 1 atom stereocenters. The van der Waals surface area contributed by atoms with E-state index >= 15 is 0 Å². The third-order valence-electron chi connectivity index (χ3n) is 2.33. The number of allylic oxidation sites excluding steroid dienone is 1. The van der Waals surface area contributed by atoms with Crippen LogP contribution < -0.4 is 11.3 Å². The second-order valence-corrected chi connectivity index (χ2v) is 3.50. The maximum Gasteiger partial charge on any atom is 0.334 e. The first-order valence-electron chi connectivity index (χ1n) is 5.00. The minimum atomic E-state index is -1.37. The first-order valence-corrected chi connectivity index (χ1v) is 5.00. The van der Waals surface area contributed by atoms with Crippen molar-refractivity contribution in [3.05, 3.63) is 11.8 Å². The zero-order valence-corrected chi connectivity index (χ0v) is 9.36. The normalized spacial score (nSPS) is 24.9. The Morgan fingerprint density at radius 1 is 1.76 bits per heavy atom. The molecule has 0 spiro atoms. The van der Waals surface area contributed by atoms with Crippen molar-refractivity contribution >= 4 is 11.9 Å². The predicted octanol–water partition coefficient (Wildman–Crippen LogP) is -0.646. The summed E-state index contributed by atoms with van der Waals surface area (Å²) in [5, 5.41) is 8.98. The molecule has 0 saturated carbocycles. The molecule has 1 rings (SSSR count). The highest BCUT2D eigenvalue weighted by Crippen LogP contribution is 2.34. The van der Waals surface area contributed by atoms with E-state index in [2.05, 4.69) is 4.74 Å². The van der Waals surface area contributed by atoms with E-state index in [0.717, 1.165) is 6.08 Å². The molecule has 0 bridgehead atoms. The monoisotopic (exact) mass is 239 g/mol. The van der Waals surface area contributed by atoms with Gasteiger partial charge >= 0.3 is 5.97 Å². The molecule has 0 radical (unpaired) electrons. The highest BCUT2D eigenvalue weighted by molar-refractivity contribution is 5.87. The van der Waals surface area contributed by atoms with Gasteiger partial charge in [-0.05, 0) is 6.92 Å². The number of rotatable bonds is 3. The number of nitriles is 1. The van der Waals surface area contributed by atoms with Crippen molar-refractivity contribution in [2.75, 3.05) is 13.2 Å². The summed E-state index contributed by atoms with van der Waals surface area (Å²) in [6.45, 7) is 1.79. The van der Waals surface area contributed by atoms with Gasteiger partial charge in [0.1, 0.15) is 12.4 Å². The summed E-state index contributed by atoms with van der Waals surface area (Å²) < 4.78 is 9.81. The zero-order chi connectivity index (χ0) is 12.9. The SMILES string of the molecule is CCOC(=O)/C=C1/CC(C#N)(C(=O)NN)CO1. The van der Waals surface area contributed by atoms with Crippen molar-refractivity contribution in [1.82, 2.24) is 5.43 Å². The van der Waals surface area contributed by atoms with Gasteiger partial charge in [0.2, 0.25) is 0 Å². The summed E-state index contributed by atoms with van der Waals surface area (Å²) in [6.07, 6.45) is 1.14. The summed E-state index contributed by atoms with van der Waals surface area (Å²) in [5.41, 5.74) is 0.545. The predicted molar refractivity (Wildman–Crippen MR) is 55.7 cm³/mol. The van der Waals surface area contributed by atoms with Crippen LogP contribution in [0.3, 0.4) is 0 Å². The number of nitrogens with two attached hydrogens (primary N) is 1. The van der Waals surface area contributed by atoms with Crippen LogP contribution in [-0.2, 0) is 19.1 Å². The fraction of sp³-hybridized carbons (Fsp3) is 0.500. The van der Waals surface area contributed by atoms with Gasteiger partial charge in [-0.15, -0.1) is 0 Å². The third-order valence-corrected chi connectivity index (χ3v) is 2.33. The molecule has 0 aromatic rings. The molecule has 92 valence electrons. The minimum Gasteiger partial charge on any atom is -0.495 e. The quantitative estimate of drug-likeness (QED) is 0.222. The number of amides is 1. The lowest BCUT2D eigenvalue weighted by atomic mass is 9.87. The lowest BCUT2D eigenvalue weighted by Gasteiger charge is -2.13. The number of hydrogen-bond acceptors (Lipinski definition) is 6. The van der Waals surface area contributed by atoms with Gasteiger partial charge in [0.15, 0.2) is 5.41 Å². The Morgan fingerprint density at radius 2 is 2.47 bits per heavy atom. The molecule has 7 heteroatoms. The number of nitrogens with one attached hydrogen (secondary N) is 1. The first kappa shape index (κ1) is 13.0. The minimum absolute atomic E-state index is 0.00531. The Hall–Kier alpha value is -2.07. The van der Waals surface area contributed by atoms with Crippen LogP contribution in [0.25, 0.3) is 0 Å². The second kappa shape index (κ2) is 5.32. The highest BCUT2D eigenvalue weighted by atomic mass is 16.5. The molecule has 0 aromatic carbocycles. The molecule has 0 aliphatic carbocycles. The van der Waals surface area contributed by atoms with Crippen molar-refractivity contribution in [3.8, 4) is 6.07 Å². The molecule has 17 heavy (non-hydrogen) atoms. The number of esters is 1. The number of hydrogen-bond donors (Lipinski definition) is 2. The molecule has 1 fully saturated rings. The molecular formula is C10H13N3O4. The van der Waals surface area contributed by atoms with Crippen LogP contribution in [0.1, 0.15) is 13.3 Å². The Kier molecular flexibility index (Phi) is 4.06. The van der Waals surface area contributed by atoms with Crippen molar-refractivity contribution in [2.24, 2.45) is 11.3 Å². The maximum absolute atomic E-state index is 11.4. The van der Waals surface area contributed by atoms with Gasteiger partial charge in [-0.1, -0.05) is 0 Å². The van der Waals surface area contributed by atoms with Crippen molar-refractivity contribution in [3.63, 3.8) is 0 Å². The van der Waals surface area contributed by atoms with Crippen molar-refractivity contribution in [1.29, 1.82) is 5.26 Å². The summed E-state index contributed by atoms with van der Waals surface area (Å²) in [4.78, 5) is 22.6. The first-order chi connectivity index (χ1) is 8.07. The Labute approximate surface area is 98.1 Å². The van der Waals surface area contributed by atoms with E-state index in [1.165, 1.54) is 0 Å². The van der Waals surface area contributed by atoms with Crippen LogP contribution in [0.15, 0.2) is 11.8 Å². The largest absolute Gasteiger partial charge is 0.495 e. The van der Waals surface area contributed by atoms with Crippen LogP contribution in [0.2, 0.25) is 0 Å². The molecule has 3 N–H and O–H groups in total. The summed E-state index contributed by atoms with van der Waals surface area (Å²) in [7, 11) is 0. The fourth-order valence-electron chi connectivity index (χ4n) is 1.43. The van der Waals surface area contributed by atoms with E-state index in [0.29, 0.717) is 0 Å². The molecule has 1 aliphatic rings. The number of hydrazine groups is 1. The Morgan fingerprint density at radius 3 is 3.00 bits per heavy atom. The van der Waals surface area contributed by atoms with Gasteiger partial charge in [0.25, 0.3) is 5.91 Å². The van der Waals surface area contributed by atoms with Crippen LogP contribution >= 0.6 is 0 Å². The van der Waals surface area contributed by atoms with E-state index in [1.54, 1.807) is 6.92 Å². The zero-order valence-electron chi connectivity index (χ0n) is 9.36. The molecule has 1 saturated heterocycles. The smallest absolute Gasteiger partial charge is 0.334 e. The molecule has 1 heterocycles. The van der Waals surface area contributed by atoms with E-state index in [4.69, 9.17) is 15.8 Å². The Bertz CT molecular complexity index is 399. The van der Waals surface area contributed by atoms with Gasteiger partial charge < -0.3 is 9.47 Å². The van der Waals surface area contributed by atoms with Crippen molar-refractivity contribution in [2.45, 2.75) is 13.3 Å². The van der Waals surface area contributed by atoms with Crippen molar-refractivity contribution < 1.29 is 19.1 Å². The highest BCUT2D eigenvalue weighted by Gasteiger charge is 2.45. The number of ether oxygens (including phenoxy) is 2. The number of nitrogens with zero attached hydrogens (tertiary/aromatic N) is 1. The molecule has 1 aliphatic heterocycles. The number of carbonyl (C=O) groups excluding carboxylic acids is 2. The maximum atomic E-state index is 11.4. The molecule has 7 nitrogen and oxygen atoms in total. The van der Waals surface area contributed by atoms with E-state index in [-0.39, 0.29) is 25.4 Å². The summed E-state index contributed by atoms with van der Waals surface area (Å²) in [5.74, 6) is 4.04. The Balaban J connectivity index is 2.78. The average Bonchev–Trinajstić information content (AvgIpc) is 2.73. The van der Waals surface area contributed by atoms with Crippen LogP contribution in [0, 0.1) is 16.7 Å². The molecule has 1 unspecified atom stereocenters. The lowest BCUT2D eigenvalue weighted by Crippen LogP contribution is -2.43. The van der Waals surface area contributed by atoms with Gasteiger partial charge in [0.05, 0.1) is 18.8 Å². The second-order valence-electron chi connectivity index (χ2n) is 3.50. The van der Waals surface area contributed by atoms with Gasteiger partial charge in [-0.2, -0.15) is 5.26 Å². The summed E-state index contributed by atoms with van der Waals surface area (Å²) >= 11 is 0. The fourth-order valence-corrected chi connectivity index (χ4v) is 1.43. The van der Waals surface area contributed by atoms with E-state index in [1.807, 2.05) is 11.5 Å². The lowest BCUT2D eigenvalue weighted by molar-refractivity contribution is -0.137. The van der Waals surface area contributed by atoms with Gasteiger partial charge in [-0.25, -0.2) is 10.6 Å². The van der Waals surface area contributed by atoms with Gasteiger partial charge in [-0.3, -0.25) is 10.2 Å². The van der Waals surface area contributed by atoms with Crippen LogP contribution in [0.4, 0.5) is 0 Å². The van der Waals surface area contributed by atoms with E-state index < -0.39 is 17.3 Å².